The van der Waals surface area contributed by atoms with Crippen LogP contribution in [0, 0.1) is 0 Å². The van der Waals surface area contributed by atoms with Crippen molar-refractivity contribution >= 4 is 23.5 Å². The van der Waals surface area contributed by atoms with Crippen molar-refractivity contribution in [2.45, 2.75) is 12.0 Å². The zero-order chi connectivity index (χ0) is 22.3. The number of ether oxygens (including phenoxy) is 3. The lowest BCUT2D eigenvalue weighted by Crippen LogP contribution is -2.34. The van der Waals surface area contributed by atoms with Gasteiger partial charge in [-0.05, 0) is 35.4 Å². The molecular weight excluding hydrogens is 424 g/mol. The Kier molecular flexibility index (Phi) is 7.07. The maximum Gasteiger partial charge on any atom is 0.323 e. The first-order valence-electron chi connectivity index (χ1n) is 10.4. The molecule has 1 heterocycles. The molecule has 1 atom stereocenters. The standard InChI is InChI=1S/C25H26N2O4S/c1-29-21-11-7-6-10-20(21)26-25(28)27-14-15-32-24(27)19-12-13-22(30-2)23(16-19)31-17-18-8-4-3-5-9-18/h3-13,16,24H,14-15,17H2,1-2H3,(H,26,28). The summed E-state index contributed by atoms with van der Waals surface area (Å²) >= 11 is 1.73. The normalized spacial score (nSPS) is 15.3. The maximum atomic E-state index is 13.1. The zero-order valence-electron chi connectivity index (χ0n) is 18.1. The van der Waals surface area contributed by atoms with Crippen molar-refractivity contribution in [1.29, 1.82) is 0 Å². The molecule has 0 bridgehead atoms. The van der Waals surface area contributed by atoms with Crippen LogP contribution in [-0.2, 0) is 6.61 Å². The molecule has 7 heteroatoms. The fraction of sp³-hybridized carbons (Fsp3) is 0.240. The number of methoxy groups -OCH3 is 2. The van der Waals surface area contributed by atoms with E-state index in [1.54, 1.807) is 26.0 Å². The highest BCUT2D eigenvalue weighted by molar-refractivity contribution is 7.99. The topological polar surface area (TPSA) is 60.0 Å². The van der Waals surface area contributed by atoms with E-state index in [1.807, 2.05) is 77.7 Å². The summed E-state index contributed by atoms with van der Waals surface area (Å²) in [6.45, 7) is 1.10. The summed E-state index contributed by atoms with van der Waals surface area (Å²) in [4.78, 5) is 14.9. The van der Waals surface area contributed by atoms with Gasteiger partial charge in [-0.2, -0.15) is 0 Å². The molecule has 1 saturated heterocycles. The lowest BCUT2D eigenvalue weighted by atomic mass is 10.1. The smallest absolute Gasteiger partial charge is 0.323 e. The Morgan fingerprint density at radius 3 is 2.50 bits per heavy atom. The molecule has 4 rings (SSSR count). The number of urea groups is 1. The number of carbonyl (C=O) groups excluding carboxylic acids is 1. The van der Waals surface area contributed by atoms with E-state index >= 15 is 0 Å². The minimum Gasteiger partial charge on any atom is -0.495 e. The molecule has 0 radical (unpaired) electrons. The molecule has 1 unspecified atom stereocenters. The molecule has 3 aromatic rings. The molecule has 0 aliphatic carbocycles. The van der Waals surface area contributed by atoms with E-state index in [0.29, 0.717) is 36.1 Å². The Balaban J connectivity index is 1.52. The molecule has 166 valence electrons. The highest BCUT2D eigenvalue weighted by atomic mass is 32.2. The molecule has 1 aliphatic rings. The molecule has 0 saturated carbocycles. The van der Waals surface area contributed by atoms with Crippen molar-refractivity contribution in [3.63, 3.8) is 0 Å². The average Bonchev–Trinajstić information content (AvgIpc) is 3.34. The predicted octanol–water partition coefficient (Wildman–Crippen LogP) is 5.56. The van der Waals surface area contributed by atoms with Gasteiger partial charge in [-0.25, -0.2) is 4.79 Å². The van der Waals surface area contributed by atoms with Crippen molar-refractivity contribution in [2.75, 3.05) is 31.8 Å². The minimum atomic E-state index is -0.160. The summed E-state index contributed by atoms with van der Waals surface area (Å²) < 4.78 is 16.9. The van der Waals surface area contributed by atoms with Crippen molar-refractivity contribution in [2.24, 2.45) is 0 Å². The first-order chi connectivity index (χ1) is 15.7. The van der Waals surface area contributed by atoms with Gasteiger partial charge in [0.2, 0.25) is 0 Å². The third-order valence-corrected chi connectivity index (χ3v) is 6.47. The molecule has 0 aromatic heterocycles. The number of hydrogen-bond acceptors (Lipinski definition) is 5. The van der Waals surface area contributed by atoms with Crippen LogP contribution in [-0.4, -0.2) is 37.4 Å². The number of nitrogens with zero attached hydrogens (tertiary/aromatic N) is 1. The van der Waals surface area contributed by atoms with E-state index in [-0.39, 0.29) is 11.4 Å². The number of benzene rings is 3. The summed E-state index contributed by atoms with van der Waals surface area (Å²) in [5.74, 6) is 2.81. The van der Waals surface area contributed by atoms with Crippen LogP contribution in [0.4, 0.5) is 10.5 Å². The van der Waals surface area contributed by atoms with Gasteiger partial charge in [-0.1, -0.05) is 48.5 Å². The molecule has 32 heavy (non-hydrogen) atoms. The lowest BCUT2D eigenvalue weighted by Gasteiger charge is -2.25. The molecule has 6 nitrogen and oxygen atoms in total. The van der Waals surface area contributed by atoms with Gasteiger partial charge in [-0.3, -0.25) is 0 Å². The second-order valence-electron chi connectivity index (χ2n) is 7.23. The zero-order valence-corrected chi connectivity index (χ0v) is 18.9. The summed E-state index contributed by atoms with van der Waals surface area (Å²) in [5, 5.41) is 2.86. The third kappa shape index (κ3) is 4.94. The first kappa shape index (κ1) is 21.9. The molecule has 1 N–H and O–H groups in total. The molecule has 1 fully saturated rings. The number of para-hydroxylation sites is 2. The summed E-state index contributed by atoms with van der Waals surface area (Å²) in [7, 11) is 3.22. The van der Waals surface area contributed by atoms with E-state index in [0.717, 1.165) is 16.9 Å². The highest BCUT2D eigenvalue weighted by Gasteiger charge is 2.31. The Labute approximate surface area is 192 Å². The summed E-state index contributed by atoms with van der Waals surface area (Å²) in [6, 6.07) is 23.1. The number of hydrogen-bond donors (Lipinski definition) is 1. The van der Waals surface area contributed by atoms with Crippen molar-refractivity contribution in [1.82, 2.24) is 4.90 Å². The summed E-state index contributed by atoms with van der Waals surface area (Å²) in [6.07, 6.45) is 0. The Morgan fingerprint density at radius 2 is 1.72 bits per heavy atom. The van der Waals surface area contributed by atoms with E-state index in [4.69, 9.17) is 14.2 Å². The largest absolute Gasteiger partial charge is 0.495 e. The number of rotatable bonds is 7. The van der Waals surface area contributed by atoms with Gasteiger partial charge in [0.05, 0.1) is 19.9 Å². The number of anilines is 1. The van der Waals surface area contributed by atoms with E-state index in [9.17, 15) is 4.79 Å². The first-order valence-corrected chi connectivity index (χ1v) is 11.4. The van der Waals surface area contributed by atoms with Crippen molar-refractivity contribution in [3.05, 3.63) is 83.9 Å². The summed E-state index contributed by atoms with van der Waals surface area (Å²) in [5.41, 5.74) is 2.72. The van der Waals surface area contributed by atoms with Crippen LogP contribution >= 0.6 is 11.8 Å². The minimum absolute atomic E-state index is 0.116. The lowest BCUT2D eigenvalue weighted by molar-refractivity contribution is 0.214. The van der Waals surface area contributed by atoms with Crippen molar-refractivity contribution in [3.8, 4) is 17.2 Å². The number of nitrogens with one attached hydrogen (secondary N) is 1. The fourth-order valence-corrected chi connectivity index (χ4v) is 4.83. The fourth-order valence-electron chi connectivity index (χ4n) is 3.58. The van der Waals surface area contributed by atoms with E-state index in [2.05, 4.69) is 5.32 Å². The molecule has 1 aliphatic heterocycles. The van der Waals surface area contributed by atoms with E-state index in [1.165, 1.54) is 0 Å². The number of thioether (sulfide) groups is 1. The van der Waals surface area contributed by atoms with Crippen LogP contribution in [0.2, 0.25) is 0 Å². The maximum absolute atomic E-state index is 13.1. The number of amides is 2. The molecule has 2 amide bonds. The van der Waals surface area contributed by atoms with Gasteiger partial charge < -0.3 is 24.4 Å². The van der Waals surface area contributed by atoms with Crippen LogP contribution in [0.1, 0.15) is 16.5 Å². The third-order valence-electron chi connectivity index (χ3n) is 5.21. The highest BCUT2D eigenvalue weighted by Crippen LogP contribution is 2.41. The van der Waals surface area contributed by atoms with Gasteiger partial charge in [0.15, 0.2) is 11.5 Å². The predicted molar refractivity (Wildman–Crippen MR) is 128 cm³/mol. The molecule has 0 spiro atoms. The van der Waals surface area contributed by atoms with Crippen molar-refractivity contribution < 1.29 is 19.0 Å². The van der Waals surface area contributed by atoms with Crippen LogP contribution in [0.3, 0.4) is 0 Å². The molecular formula is C25H26N2O4S. The van der Waals surface area contributed by atoms with Gasteiger partial charge in [0.1, 0.15) is 17.7 Å². The SMILES string of the molecule is COc1ccccc1NC(=O)N1CCSC1c1ccc(OC)c(OCc2ccccc2)c1. The number of carbonyl (C=O) groups is 1. The van der Waals surface area contributed by atoms with E-state index < -0.39 is 0 Å². The second-order valence-corrected chi connectivity index (χ2v) is 8.42. The average molecular weight is 451 g/mol. The van der Waals surface area contributed by atoms with Crippen LogP contribution in [0.15, 0.2) is 72.8 Å². The van der Waals surface area contributed by atoms with Gasteiger partial charge >= 0.3 is 6.03 Å². The quantitative estimate of drug-likeness (QED) is 0.511. The van der Waals surface area contributed by atoms with Crippen LogP contribution in [0.25, 0.3) is 0 Å². The van der Waals surface area contributed by atoms with Crippen LogP contribution in [0.5, 0.6) is 17.2 Å². The van der Waals surface area contributed by atoms with Gasteiger partial charge in [-0.15, -0.1) is 11.8 Å². The Hall–Kier alpha value is -3.32. The van der Waals surface area contributed by atoms with Gasteiger partial charge in [0.25, 0.3) is 0 Å². The Bertz CT molecular complexity index is 1060. The Morgan fingerprint density at radius 1 is 0.969 bits per heavy atom. The van der Waals surface area contributed by atoms with Gasteiger partial charge in [0, 0.05) is 12.3 Å². The monoisotopic (exact) mass is 450 g/mol. The van der Waals surface area contributed by atoms with Crippen LogP contribution < -0.4 is 19.5 Å². The second kappa shape index (κ2) is 10.3. The molecule has 3 aromatic carbocycles.